The Hall–Kier alpha value is -2.82. The number of aromatic nitrogens is 2. The molecule has 2 aromatic carbocycles. The summed E-state index contributed by atoms with van der Waals surface area (Å²) < 4.78 is 14.5. The van der Waals surface area contributed by atoms with Gasteiger partial charge in [0.15, 0.2) is 0 Å². The van der Waals surface area contributed by atoms with Gasteiger partial charge in [-0.05, 0) is 30.7 Å². The van der Waals surface area contributed by atoms with Crippen molar-refractivity contribution in [2.75, 3.05) is 5.73 Å². The quantitative estimate of drug-likeness (QED) is 0.759. The first kappa shape index (κ1) is 13.2. The van der Waals surface area contributed by atoms with Crippen LogP contribution in [0.1, 0.15) is 5.56 Å². The van der Waals surface area contributed by atoms with Crippen molar-refractivity contribution >= 4 is 5.69 Å². The molecule has 0 saturated carbocycles. The number of nitrogens with one attached hydrogen (secondary N) is 1. The lowest BCUT2D eigenvalue weighted by molar-refractivity contribution is 0.625. The van der Waals surface area contributed by atoms with Crippen LogP contribution in [0.2, 0.25) is 0 Å². The van der Waals surface area contributed by atoms with Crippen LogP contribution in [-0.4, -0.2) is 9.78 Å². The normalized spacial score (nSPS) is 10.8. The summed E-state index contributed by atoms with van der Waals surface area (Å²) in [5.41, 5.74) is 8.33. The number of aromatic amines is 1. The zero-order valence-corrected chi connectivity index (χ0v) is 11.4. The molecule has 0 aliphatic carbocycles. The van der Waals surface area contributed by atoms with Crippen molar-refractivity contribution in [1.82, 2.24) is 9.78 Å². The lowest BCUT2D eigenvalue weighted by Gasteiger charge is -2.06. The number of nitrogens with two attached hydrogens (primary N) is 1. The van der Waals surface area contributed by atoms with Crippen molar-refractivity contribution in [3.8, 4) is 16.9 Å². The monoisotopic (exact) mass is 283 g/mol. The Morgan fingerprint density at radius 1 is 1.14 bits per heavy atom. The van der Waals surface area contributed by atoms with Gasteiger partial charge in [-0.3, -0.25) is 9.89 Å². The first-order valence-electron chi connectivity index (χ1n) is 6.50. The maximum Gasteiger partial charge on any atom is 0.295 e. The summed E-state index contributed by atoms with van der Waals surface area (Å²) in [7, 11) is 0. The largest absolute Gasteiger partial charge is 0.392 e. The number of aryl methyl sites for hydroxylation is 1. The van der Waals surface area contributed by atoms with Gasteiger partial charge >= 0.3 is 0 Å². The summed E-state index contributed by atoms with van der Waals surface area (Å²) in [6, 6.07) is 13.6. The maximum absolute atomic E-state index is 13.2. The fraction of sp³-hybridized carbons (Fsp3) is 0.0625. The minimum atomic E-state index is -0.344. The second-order valence-corrected chi connectivity index (χ2v) is 4.84. The molecule has 1 heterocycles. The molecule has 21 heavy (non-hydrogen) atoms. The van der Waals surface area contributed by atoms with E-state index in [0.717, 1.165) is 5.56 Å². The van der Waals surface area contributed by atoms with Gasteiger partial charge in [0.05, 0.1) is 11.4 Å². The average molecular weight is 283 g/mol. The number of nitrogen functional groups attached to an aromatic ring is 1. The summed E-state index contributed by atoms with van der Waals surface area (Å²) in [6.07, 6.45) is 0. The van der Waals surface area contributed by atoms with E-state index in [1.165, 1.54) is 16.8 Å². The first-order valence-corrected chi connectivity index (χ1v) is 6.50. The molecule has 0 aliphatic heterocycles. The van der Waals surface area contributed by atoms with Crippen LogP contribution in [0, 0.1) is 12.7 Å². The first-order chi connectivity index (χ1) is 10.1. The van der Waals surface area contributed by atoms with E-state index in [0.29, 0.717) is 16.9 Å². The van der Waals surface area contributed by atoms with Crippen molar-refractivity contribution in [3.05, 3.63) is 70.3 Å². The Kier molecular flexibility index (Phi) is 3.10. The lowest BCUT2D eigenvalue weighted by Crippen LogP contribution is -2.17. The summed E-state index contributed by atoms with van der Waals surface area (Å²) >= 11 is 0. The van der Waals surface area contributed by atoms with E-state index >= 15 is 0 Å². The molecule has 3 N–H and O–H groups in total. The minimum absolute atomic E-state index is 0.143. The molecule has 0 bridgehead atoms. The van der Waals surface area contributed by atoms with Gasteiger partial charge in [-0.2, -0.15) is 0 Å². The third-order valence-electron chi connectivity index (χ3n) is 3.39. The van der Waals surface area contributed by atoms with Gasteiger partial charge in [0.25, 0.3) is 5.56 Å². The zero-order chi connectivity index (χ0) is 15.0. The molecule has 3 rings (SSSR count). The van der Waals surface area contributed by atoms with Crippen LogP contribution in [0.5, 0.6) is 0 Å². The molecule has 0 radical (unpaired) electrons. The molecule has 4 nitrogen and oxygen atoms in total. The fourth-order valence-electron chi connectivity index (χ4n) is 2.31. The van der Waals surface area contributed by atoms with E-state index in [2.05, 4.69) is 5.10 Å². The number of nitrogens with zero attached hydrogens (tertiary/aromatic N) is 1. The molecule has 0 saturated heterocycles. The van der Waals surface area contributed by atoms with Gasteiger partial charge in [-0.25, -0.2) is 9.07 Å². The molecule has 0 aliphatic rings. The highest BCUT2D eigenvalue weighted by Crippen LogP contribution is 2.22. The van der Waals surface area contributed by atoms with E-state index in [9.17, 15) is 9.18 Å². The standard InChI is InChI=1S/C16H14FN3O/c1-10-9-12(17)7-8-13(10)20-16(21)14(18)15(19-20)11-5-3-2-4-6-11/h2-9,19H,18H2,1H3. The predicted octanol–water partition coefficient (Wildman–Crippen LogP) is 2.86. The van der Waals surface area contributed by atoms with Crippen LogP contribution >= 0.6 is 0 Å². The van der Waals surface area contributed by atoms with Crippen molar-refractivity contribution in [3.63, 3.8) is 0 Å². The molecule has 0 spiro atoms. The number of H-pyrrole nitrogens is 1. The fourth-order valence-corrected chi connectivity index (χ4v) is 2.31. The number of anilines is 1. The van der Waals surface area contributed by atoms with Crippen molar-refractivity contribution in [1.29, 1.82) is 0 Å². The molecule has 1 aromatic heterocycles. The molecule has 0 unspecified atom stereocenters. The summed E-state index contributed by atoms with van der Waals surface area (Å²) in [6.45, 7) is 1.74. The topological polar surface area (TPSA) is 63.8 Å². The highest BCUT2D eigenvalue weighted by molar-refractivity contribution is 5.72. The number of hydrogen-bond donors (Lipinski definition) is 2. The molecule has 0 amide bonds. The van der Waals surface area contributed by atoms with Gasteiger partial charge in [-0.1, -0.05) is 30.3 Å². The van der Waals surface area contributed by atoms with Crippen LogP contribution in [0.15, 0.2) is 53.3 Å². The summed E-state index contributed by atoms with van der Waals surface area (Å²) in [4.78, 5) is 12.3. The number of halogens is 1. The van der Waals surface area contributed by atoms with E-state index in [1.807, 2.05) is 30.3 Å². The van der Waals surface area contributed by atoms with E-state index in [-0.39, 0.29) is 17.1 Å². The van der Waals surface area contributed by atoms with Gasteiger partial charge in [0, 0.05) is 5.56 Å². The number of rotatable bonds is 2. The smallest absolute Gasteiger partial charge is 0.295 e. The van der Waals surface area contributed by atoms with Gasteiger partial charge in [-0.15, -0.1) is 0 Å². The zero-order valence-electron chi connectivity index (χ0n) is 11.4. The average Bonchev–Trinajstić information content (AvgIpc) is 2.77. The predicted molar refractivity (Wildman–Crippen MR) is 80.9 cm³/mol. The van der Waals surface area contributed by atoms with E-state index < -0.39 is 0 Å². The molecule has 0 atom stereocenters. The summed E-state index contributed by atoms with van der Waals surface area (Å²) in [5.74, 6) is -0.341. The van der Waals surface area contributed by atoms with Crippen molar-refractivity contribution in [2.24, 2.45) is 0 Å². The Labute approximate surface area is 120 Å². The van der Waals surface area contributed by atoms with Crippen LogP contribution in [0.4, 0.5) is 10.1 Å². The van der Waals surface area contributed by atoms with E-state index in [4.69, 9.17) is 5.73 Å². The van der Waals surface area contributed by atoms with Gasteiger partial charge in [0.2, 0.25) is 0 Å². The molecular weight excluding hydrogens is 269 g/mol. The molecular formula is C16H14FN3O. The third-order valence-corrected chi connectivity index (χ3v) is 3.39. The van der Waals surface area contributed by atoms with E-state index in [1.54, 1.807) is 13.0 Å². The molecule has 106 valence electrons. The summed E-state index contributed by atoms with van der Waals surface area (Å²) in [5, 5.41) is 3.00. The Morgan fingerprint density at radius 3 is 2.52 bits per heavy atom. The van der Waals surface area contributed by atoms with Crippen LogP contribution in [-0.2, 0) is 0 Å². The molecule has 0 fully saturated rings. The van der Waals surface area contributed by atoms with Crippen LogP contribution in [0.25, 0.3) is 16.9 Å². The Bertz CT molecular complexity index is 850. The second kappa shape index (κ2) is 4.94. The lowest BCUT2D eigenvalue weighted by atomic mass is 10.1. The Balaban J connectivity index is 2.20. The van der Waals surface area contributed by atoms with Crippen LogP contribution in [0.3, 0.4) is 0 Å². The molecule has 5 heteroatoms. The third kappa shape index (κ3) is 2.23. The highest BCUT2D eigenvalue weighted by atomic mass is 19.1. The SMILES string of the molecule is Cc1cc(F)ccc1-n1[nH]c(-c2ccccc2)c(N)c1=O. The number of hydrogen-bond acceptors (Lipinski definition) is 2. The van der Waals surface area contributed by atoms with Gasteiger partial charge in [0.1, 0.15) is 11.5 Å². The highest BCUT2D eigenvalue weighted by Gasteiger charge is 2.15. The Morgan fingerprint density at radius 2 is 1.86 bits per heavy atom. The molecule has 3 aromatic rings. The van der Waals surface area contributed by atoms with Crippen molar-refractivity contribution < 1.29 is 4.39 Å². The maximum atomic E-state index is 13.2. The minimum Gasteiger partial charge on any atom is -0.392 e. The van der Waals surface area contributed by atoms with Crippen molar-refractivity contribution in [2.45, 2.75) is 6.92 Å². The van der Waals surface area contributed by atoms with Crippen LogP contribution < -0.4 is 11.3 Å². The second-order valence-electron chi connectivity index (χ2n) is 4.84. The van der Waals surface area contributed by atoms with Gasteiger partial charge < -0.3 is 5.73 Å². The number of benzene rings is 2.